The van der Waals surface area contributed by atoms with Crippen LogP contribution >= 0.6 is 0 Å². The van der Waals surface area contributed by atoms with Gasteiger partial charge < -0.3 is 20.3 Å². The summed E-state index contributed by atoms with van der Waals surface area (Å²) in [6, 6.07) is 8.34. The molecule has 1 amide bonds. The lowest BCUT2D eigenvalue weighted by atomic mass is 9.80. The van der Waals surface area contributed by atoms with Crippen LogP contribution in [0, 0.1) is 0 Å². The number of hydrogen-bond acceptors (Lipinski definition) is 4. The Morgan fingerprint density at radius 2 is 2.00 bits per heavy atom. The molecule has 0 saturated heterocycles. The normalized spacial score (nSPS) is 25.1. The van der Waals surface area contributed by atoms with Crippen molar-refractivity contribution in [2.45, 2.75) is 43.9 Å². The minimum absolute atomic E-state index is 0.102. The van der Waals surface area contributed by atoms with E-state index >= 15 is 0 Å². The fraction of sp³-hybridized carbons (Fsp3) is 0.467. The zero-order valence-corrected chi connectivity index (χ0v) is 11.6. The van der Waals surface area contributed by atoms with E-state index in [-0.39, 0.29) is 13.0 Å². The summed E-state index contributed by atoms with van der Waals surface area (Å²) in [5, 5.41) is 21.8. The summed E-state index contributed by atoms with van der Waals surface area (Å²) in [6.45, 7) is 0.102. The van der Waals surface area contributed by atoms with Gasteiger partial charge in [-0.25, -0.2) is 9.59 Å². The van der Waals surface area contributed by atoms with Crippen LogP contribution in [-0.4, -0.2) is 33.9 Å². The largest absolute Gasteiger partial charge is 0.479 e. The van der Waals surface area contributed by atoms with E-state index in [9.17, 15) is 14.7 Å². The Hall–Kier alpha value is -2.08. The number of amides is 1. The van der Waals surface area contributed by atoms with Crippen LogP contribution in [-0.2, 0) is 16.1 Å². The first-order valence-electron chi connectivity index (χ1n) is 6.95. The Bertz CT molecular complexity index is 504. The number of alkyl carbamates (subject to hydrolysis) is 1. The number of carboxylic acid groups (broad SMARTS) is 1. The molecule has 0 aromatic heterocycles. The molecular weight excluding hydrogens is 274 g/mol. The van der Waals surface area contributed by atoms with Crippen molar-refractivity contribution in [2.75, 3.05) is 0 Å². The van der Waals surface area contributed by atoms with Gasteiger partial charge in [0.05, 0.1) is 6.04 Å². The summed E-state index contributed by atoms with van der Waals surface area (Å²) >= 11 is 0. The highest BCUT2D eigenvalue weighted by Gasteiger charge is 2.46. The summed E-state index contributed by atoms with van der Waals surface area (Å²) in [6.07, 6.45) is 1.22. The summed E-state index contributed by atoms with van der Waals surface area (Å²) in [5.41, 5.74) is -1.07. The number of aliphatic carboxylic acids is 1. The van der Waals surface area contributed by atoms with Crippen molar-refractivity contribution in [3.63, 3.8) is 0 Å². The van der Waals surface area contributed by atoms with Crippen molar-refractivity contribution >= 4 is 12.1 Å². The molecule has 0 spiro atoms. The molecule has 2 unspecified atom stereocenters. The lowest BCUT2D eigenvalue weighted by Crippen LogP contribution is -2.59. The Morgan fingerprint density at radius 3 is 2.67 bits per heavy atom. The Morgan fingerprint density at radius 1 is 1.29 bits per heavy atom. The number of carbonyl (C=O) groups excluding carboxylic acids is 1. The second-order valence-electron chi connectivity index (χ2n) is 5.23. The fourth-order valence-electron chi connectivity index (χ4n) is 2.51. The van der Waals surface area contributed by atoms with Gasteiger partial charge in [0.1, 0.15) is 6.61 Å². The Balaban J connectivity index is 1.90. The van der Waals surface area contributed by atoms with E-state index in [1.807, 2.05) is 30.3 Å². The third-order valence-corrected chi connectivity index (χ3v) is 3.75. The second kappa shape index (κ2) is 6.58. The summed E-state index contributed by atoms with van der Waals surface area (Å²) < 4.78 is 5.05. The summed E-state index contributed by atoms with van der Waals surface area (Å²) in [7, 11) is 0. The average molecular weight is 293 g/mol. The van der Waals surface area contributed by atoms with Crippen molar-refractivity contribution in [3.8, 4) is 0 Å². The fourth-order valence-corrected chi connectivity index (χ4v) is 2.51. The SMILES string of the molecule is O=C(NC1CCCCC1(O)C(=O)O)OCc1ccccc1. The van der Waals surface area contributed by atoms with Crippen molar-refractivity contribution in [3.05, 3.63) is 35.9 Å². The van der Waals surface area contributed by atoms with Crippen LogP contribution in [0.3, 0.4) is 0 Å². The van der Waals surface area contributed by atoms with Crippen molar-refractivity contribution < 1.29 is 24.5 Å². The number of rotatable bonds is 4. The van der Waals surface area contributed by atoms with Crippen LogP contribution in [0.1, 0.15) is 31.2 Å². The smallest absolute Gasteiger partial charge is 0.407 e. The lowest BCUT2D eigenvalue weighted by Gasteiger charge is -2.36. The summed E-state index contributed by atoms with van der Waals surface area (Å²) in [5.74, 6) is -1.31. The molecule has 1 aliphatic carbocycles. The minimum Gasteiger partial charge on any atom is -0.479 e. The van der Waals surface area contributed by atoms with Gasteiger partial charge >= 0.3 is 12.1 Å². The van der Waals surface area contributed by atoms with Gasteiger partial charge in [-0.15, -0.1) is 0 Å². The second-order valence-corrected chi connectivity index (χ2v) is 5.23. The molecule has 114 valence electrons. The third-order valence-electron chi connectivity index (χ3n) is 3.75. The Labute approximate surface area is 122 Å². The molecule has 6 nitrogen and oxygen atoms in total. The molecule has 2 atom stereocenters. The van der Waals surface area contributed by atoms with Crippen molar-refractivity contribution in [2.24, 2.45) is 0 Å². The highest BCUT2D eigenvalue weighted by Crippen LogP contribution is 2.29. The van der Waals surface area contributed by atoms with Crippen molar-refractivity contribution in [1.82, 2.24) is 5.32 Å². The first-order valence-corrected chi connectivity index (χ1v) is 6.95. The van der Waals surface area contributed by atoms with Crippen LogP contribution in [0.5, 0.6) is 0 Å². The molecule has 1 aliphatic rings. The number of carboxylic acids is 1. The van der Waals surface area contributed by atoms with Gasteiger partial charge in [0.15, 0.2) is 5.60 Å². The van der Waals surface area contributed by atoms with Gasteiger partial charge in [-0.3, -0.25) is 0 Å². The number of ether oxygens (including phenoxy) is 1. The zero-order valence-electron chi connectivity index (χ0n) is 11.6. The molecule has 21 heavy (non-hydrogen) atoms. The maximum atomic E-state index is 11.8. The first-order chi connectivity index (χ1) is 10.0. The number of hydrogen-bond donors (Lipinski definition) is 3. The third kappa shape index (κ3) is 3.72. The van der Waals surface area contributed by atoms with E-state index in [0.717, 1.165) is 12.0 Å². The predicted octanol–water partition coefficient (Wildman–Crippen LogP) is 1.67. The standard InChI is InChI=1S/C15H19NO5/c17-13(18)15(20)9-5-4-8-12(15)16-14(19)21-10-11-6-2-1-3-7-11/h1-3,6-7,12,20H,4-5,8-10H2,(H,16,19)(H,17,18). The number of benzene rings is 1. The van der Waals surface area contributed by atoms with E-state index in [2.05, 4.69) is 5.32 Å². The van der Waals surface area contributed by atoms with E-state index in [1.54, 1.807) is 0 Å². The summed E-state index contributed by atoms with van der Waals surface area (Å²) in [4.78, 5) is 23.0. The van der Waals surface area contributed by atoms with E-state index in [0.29, 0.717) is 12.8 Å². The lowest BCUT2D eigenvalue weighted by molar-refractivity contribution is -0.164. The zero-order chi connectivity index (χ0) is 15.3. The molecule has 1 fully saturated rings. The van der Waals surface area contributed by atoms with Gasteiger partial charge in [-0.2, -0.15) is 0 Å². The number of nitrogens with one attached hydrogen (secondary N) is 1. The minimum atomic E-state index is -1.91. The van der Waals surface area contributed by atoms with Crippen molar-refractivity contribution in [1.29, 1.82) is 0 Å². The molecule has 1 saturated carbocycles. The van der Waals surface area contributed by atoms with Gasteiger partial charge in [-0.1, -0.05) is 36.8 Å². The van der Waals surface area contributed by atoms with Gasteiger partial charge in [0.25, 0.3) is 0 Å². The van der Waals surface area contributed by atoms with Gasteiger partial charge in [0, 0.05) is 0 Å². The molecule has 0 aliphatic heterocycles. The highest BCUT2D eigenvalue weighted by atomic mass is 16.5. The van der Waals surface area contributed by atoms with Crippen LogP contribution in [0.2, 0.25) is 0 Å². The highest BCUT2D eigenvalue weighted by molar-refractivity contribution is 5.80. The maximum absolute atomic E-state index is 11.8. The molecule has 1 aromatic rings. The predicted molar refractivity (Wildman–Crippen MR) is 74.6 cm³/mol. The van der Waals surface area contributed by atoms with Crippen LogP contribution < -0.4 is 5.32 Å². The van der Waals surface area contributed by atoms with Crippen LogP contribution in [0.4, 0.5) is 4.79 Å². The maximum Gasteiger partial charge on any atom is 0.407 e. The van der Waals surface area contributed by atoms with Crippen LogP contribution in [0.15, 0.2) is 30.3 Å². The average Bonchev–Trinajstić information content (AvgIpc) is 2.48. The van der Waals surface area contributed by atoms with Gasteiger partial charge in [0.2, 0.25) is 0 Å². The molecule has 2 rings (SSSR count). The van der Waals surface area contributed by atoms with Gasteiger partial charge in [-0.05, 0) is 24.8 Å². The molecular formula is C15H19NO5. The molecule has 1 aromatic carbocycles. The molecule has 6 heteroatoms. The molecule has 0 bridgehead atoms. The topological polar surface area (TPSA) is 95.9 Å². The molecule has 0 radical (unpaired) electrons. The van der Waals surface area contributed by atoms with E-state index in [1.165, 1.54) is 0 Å². The number of carbonyl (C=O) groups is 2. The number of aliphatic hydroxyl groups is 1. The van der Waals surface area contributed by atoms with E-state index < -0.39 is 23.7 Å². The Kier molecular flexibility index (Phi) is 4.80. The quantitative estimate of drug-likeness (QED) is 0.784. The molecule has 0 heterocycles. The van der Waals surface area contributed by atoms with Crippen LogP contribution in [0.25, 0.3) is 0 Å². The first kappa shape index (κ1) is 15.3. The van der Waals surface area contributed by atoms with E-state index in [4.69, 9.17) is 9.84 Å². The molecule has 3 N–H and O–H groups in total. The monoisotopic (exact) mass is 293 g/mol.